The number of rotatable bonds is 0. The highest BCUT2D eigenvalue weighted by atomic mass is 16.5. The van der Waals surface area contributed by atoms with E-state index in [-0.39, 0.29) is 30.0 Å². The molecule has 4 heteroatoms. The first-order valence-corrected chi connectivity index (χ1v) is 4.09. The average Bonchev–Trinajstić information content (AvgIpc) is 2.64. The SMILES string of the molecule is O=C1NC(O)C2C3C=CC(O3)C12. The maximum atomic E-state index is 11.3. The van der Waals surface area contributed by atoms with Gasteiger partial charge in [0.05, 0.1) is 18.1 Å². The number of fused-ring (bicyclic) bond motifs is 5. The van der Waals surface area contributed by atoms with Crippen molar-refractivity contribution in [1.29, 1.82) is 0 Å². The minimum Gasteiger partial charge on any atom is -0.373 e. The lowest BCUT2D eigenvalue weighted by molar-refractivity contribution is -0.124. The number of ether oxygens (including phenoxy) is 1. The average molecular weight is 167 g/mol. The van der Waals surface area contributed by atoms with Gasteiger partial charge in [-0.05, 0) is 0 Å². The number of aliphatic hydroxyl groups excluding tert-OH is 1. The second kappa shape index (κ2) is 1.89. The summed E-state index contributed by atoms with van der Waals surface area (Å²) in [7, 11) is 0. The number of carbonyl (C=O) groups is 1. The predicted molar refractivity (Wildman–Crippen MR) is 38.9 cm³/mol. The molecule has 2 saturated heterocycles. The minimum atomic E-state index is -0.720. The van der Waals surface area contributed by atoms with Crippen LogP contribution in [0.25, 0.3) is 0 Å². The first-order chi connectivity index (χ1) is 5.77. The van der Waals surface area contributed by atoms with Crippen molar-refractivity contribution in [3.8, 4) is 0 Å². The van der Waals surface area contributed by atoms with Crippen LogP contribution in [0, 0.1) is 11.8 Å². The molecule has 2 bridgehead atoms. The van der Waals surface area contributed by atoms with Crippen LogP contribution in [0.15, 0.2) is 12.2 Å². The molecule has 2 fully saturated rings. The van der Waals surface area contributed by atoms with Gasteiger partial charge < -0.3 is 15.2 Å². The molecular weight excluding hydrogens is 158 g/mol. The summed E-state index contributed by atoms with van der Waals surface area (Å²) in [6.45, 7) is 0. The molecule has 0 aromatic carbocycles. The lowest BCUT2D eigenvalue weighted by atomic mass is 9.85. The highest BCUT2D eigenvalue weighted by Gasteiger charge is 2.56. The summed E-state index contributed by atoms with van der Waals surface area (Å²) in [4.78, 5) is 11.3. The molecule has 3 rings (SSSR count). The van der Waals surface area contributed by atoms with Crippen LogP contribution >= 0.6 is 0 Å². The van der Waals surface area contributed by atoms with Gasteiger partial charge in [0.1, 0.15) is 6.23 Å². The molecule has 3 heterocycles. The van der Waals surface area contributed by atoms with E-state index < -0.39 is 6.23 Å². The van der Waals surface area contributed by atoms with Gasteiger partial charge >= 0.3 is 0 Å². The lowest BCUT2D eigenvalue weighted by Crippen LogP contribution is -2.32. The zero-order valence-corrected chi connectivity index (χ0v) is 6.31. The van der Waals surface area contributed by atoms with Gasteiger partial charge in [0.25, 0.3) is 0 Å². The number of nitrogens with one attached hydrogen (secondary N) is 1. The summed E-state index contributed by atoms with van der Waals surface area (Å²) in [5.74, 6) is -0.299. The van der Waals surface area contributed by atoms with Gasteiger partial charge in [-0.2, -0.15) is 0 Å². The summed E-state index contributed by atoms with van der Waals surface area (Å²) in [5, 5.41) is 12.0. The van der Waals surface area contributed by atoms with Gasteiger partial charge in [-0.3, -0.25) is 4.79 Å². The Bertz CT molecular complexity index is 275. The first kappa shape index (κ1) is 6.62. The predicted octanol–water partition coefficient (Wildman–Crippen LogP) is -0.996. The summed E-state index contributed by atoms with van der Waals surface area (Å²) in [6, 6.07) is 0. The lowest BCUT2D eigenvalue weighted by Gasteiger charge is -2.15. The number of hydrogen-bond donors (Lipinski definition) is 2. The minimum absolute atomic E-state index is 0.0612. The van der Waals surface area contributed by atoms with E-state index in [4.69, 9.17) is 4.74 Å². The standard InChI is InChI=1S/C8H9NO3/c10-7-5-3-1-2-4(12-3)6(5)8(11)9-7/h1-7,10H,(H,9,11). The fourth-order valence-corrected chi connectivity index (χ4v) is 2.38. The van der Waals surface area contributed by atoms with E-state index in [1.54, 1.807) is 0 Å². The third kappa shape index (κ3) is 0.585. The Balaban J connectivity index is 2.03. The Labute approximate surface area is 69.2 Å². The quantitative estimate of drug-likeness (QED) is 0.455. The summed E-state index contributed by atoms with van der Waals surface area (Å²) in [5.41, 5.74) is 0. The third-order valence-corrected chi connectivity index (χ3v) is 2.91. The number of hydrogen-bond acceptors (Lipinski definition) is 3. The molecular formula is C8H9NO3. The molecule has 0 radical (unpaired) electrons. The molecule has 4 nitrogen and oxygen atoms in total. The van der Waals surface area contributed by atoms with E-state index in [9.17, 15) is 9.90 Å². The van der Waals surface area contributed by atoms with Crippen molar-refractivity contribution in [3.63, 3.8) is 0 Å². The summed E-state index contributed by atoms with van der Waals surface area (Å²) < 4.78 is 5.45. The van der Waals surface area contributed by atoms with Crippen LogP contribution in [0.5, 0.6) is 0 Å². The molecule has 2 N–H and O–H groups in total. The van der Waals surface area contributed by atoms with Gasteiger partial charge in [0.15, 0.2) is 0 Å². The van der Waals surface area contributed by atoms with Crippen LogP contribution in [0.3, 0.4) is 0 Å². The van der Waals surface area contributed by atoms with Gasteiger partial charge in [0.2, 0.25) is 5.91 Å². The van der Waals surface area contributed by atoms with E-state index in [1.165, 1.54) is 0 Å². The van der Waals surface area contributed by atoms with Crippen LogP contribution < -0.4 is 5.32 Å². The van der Waals surface area contributed by atoms with E-state index in [0.29, 0.717) is 0 Å². The molecule has 0 aromatic heterocycles. The molecule has 0 saturated carbocycles. The van der Waals surface area contributed by atoms with Crippen molar-refractivity contribution < 1.29 is 14.6 Å². The maximum absolute atomic E-state index is 11.3. The fourth-order valence-electron chi connectivity index (χ4n) is 2.38. The highest BCUT2D eigenvalue weighted by Crippen LogP contribution is 2.43. The molecule has 0 aromatic rings. The Kier molecular flexibility index (Phi) is 1.04. The van der Waals surface area contributed by atoms with Crippen LogP contribution in [-0.4, -0.2) is 29.4 Å². The van der Waals surface area contributed by atoms with E-state index in [0.717, 1.165) is 0 Å². The molecule has 3 aliphatic rings. The van der Waals surface area contributed by atoms with E-state index in [1.807, 2.05) is 12.2 Å². The van der Waals surface area contributed by atoms with Crippen molar-refractivity contribution in [1.82, 2.24) is 5.32 Å². The topological polar surface area (TPSA) is 58.6 Å². The van der Waals surface area contributed by atoms with Crippen LogP contribution in [0.1, 0.15) is 0 Å². The smallest absolute Gasteiger partial charge is 0.228 e. The molecule has 0 aliphatic carbocycles. The van der Waals surface area contributed by atoms with Crippen LogP contribution in [0.4, 0.5) is 0 Å². The fraction of sp³-hybridized carbons (Fsp3) is 0.625. The van der Waals surface area contributed by atoms with Crippen molar-refractivity contribution >= 4 is 5.91 Å². The van der Waals surface area contributed by atoms with Crippen LogP contribution in [-0.2, 0) is 9.53 Å². The number of carbonyl (C=O) groups excluding carboxylic acids is 1. The largest absolute Gasteiger partial charge is 0.373 e. The Morgan fingerprint density at radius 2 is 2.17 bits per heavy atom. The summed E-state index contributed by atoms with van der Waals surface area (Å²) in [6.07, 6.45) is 2.95. The Morgan fingerprint density at radius 1 is 1.42 bits per heavy atom. The Hall–Kier alpha value is -0.870. The van der Waals surface area contributed by atoms with E-state index in [2.05, 4.69) is 5.32 Å². The monoisotopic (exact) mass is 167 g/mol. The van der Waals surface area contributed by atoms with Gasteiger partial charge in [-0.25, -0.2) is 0 Å². The Morgan fingerprint density at radius 3 is 2.92 bits per heavy atom. The zero-order valence-electron chi connectivity index (χ0n) is 6.31. The first-order valence-electron chi connectivity index (χ1n) is 4.09. The molecule has 3 aliphatic heterocycles. The molecule has 1 amide bonds. The molecule has 0 spiro atoms. The second-order valence-corrected chi connectivity index (χ2v) is 3.51. The summed E-state index contributed by atoms with van der Waals surface area (Å²) >= 11 is 0. The normalized spacial score (nSPS) is 54.4. The molecule has 5 atom stereocenters. The van der Waals surface area contributed by atoms with Crippen molar-refractivity contribution in [3.05, 3.63) is 12.2 Å². The number of aliphatic hydroxyl groups is 1. The maximum Gasteiger partial charge on any atom is 0.228 e. The van der Waals surface area contributed by atoms with Crippen LogP contribution in [0.2, 0.25) is 0 Å². The van der Waals surface area contributed by atoms with E-state index >= 15 is 0 Å². The second-order valence-electron chi connectivity index (χ2n) is 3.51. The van der Waals surface area contributed by atoms with Crippen molar-refractivity contribution in [2.24, 2.45) is 11.8 Å². The third-order valence-electron chi connectivity index (χ3n) is 2.91. The van der Waals surface area contributed by atoms with Gasteiger partial charge in [0, 0.05) is 5.92 Å². The van der Waals surface area contributed by atoms with Gasteiger partial charge in [-0.1, -0.05) is 12.2 Å². The molecule has 12 heavy (non-hydrogen) atoms. The molecule has 64 valence electrons. The van der Waals surface area contributed by atoms with Crippen molar-refractivity contribution in [2.45, 2.75) is 18.4 Å². The zero-order chi connectivity index (χ0) is 8.29. The molecule has 5 unspecified atom stereocenters. The van der Waals surface area contributed by atoms with Gasteiger partial charge in [-0.15, -0.1) is 0 Å². The number of amides is 1. The highest BCUT2D eigenvalue weighted by molar-refractivity contribution is 5.83. The van der Waals surface area contributed by atoms with Crippen molar-refractivity contribution in [2.75, 3.05) is 0 Å².